The lowest BCUT2D eigenvalue weighted by Crippen LogP contribution is -2.44. The van der Waals surface area contributed by atoms with Crippen LogP contribution in [0.3, 0.4) is 0 Å². The Bertz CT molecular complexity index is 892. The molecule has 0 aliphatic heterocycles. The molecule has 0 saturated carbocycles. The summed E-state index contributed by atoms with van der Waals surface area (Å²) < 4.78 is 28.8. The lowest BCUT2D eigenvalue weighted by Gasteiger charge is -2.28. The number of carbonyl (C=O) groups excluding carboxylic acids is 2. The summed E-state index contributed by atoms with van der Waals surface area (Å²) in [6.07, 6.45) is 0.327. The fourth-order valence-electron chi connectivity index (χ4n) is 2.86. The lowest BCUT2D eigenvalue weighted by atomic mass is 9.79. The molecule has 2 aromatic carbocycles. The van der Waals surface area contributed by atoms with Crippen LogP contribution in [-0.4, -0.2) is 61.8 Å². The minimum absolute atomic E-state index is 0.00815. The van der Waals surface area contributed by atoms with E-state index in [0.717, 1.165) is 25.3 Å². The van der Waals surface area contributed by atoms with E-state index in [2.05, 4.69) is 4.74 Å². The van der Waals surface area contributed by atoms with Gasteiger partial charge >= 0.3 is 5.97 Å². The second-order valence-electron chi connectivity index (χ2n) is 6.16. The molecule has 3 N–H and O–H groups in total. The molecule has 0 aromatic heterocycles. The van der Waals surface area contributed by atoms with Gasteiger partial charge < -0.3 is 29.5 Å². The van der Waals surface area contributed by atoms with E-state index in [-0.39, 0.29) is 34.8 Å². The molecule has 8 nitrogen and oxygen atoms in total. The van der Waals surface area contributed by atoms with Crippen molar-refractivity contribution in [1.82, 2.24) is 0 Å². The van der Waals surface area contributed by atoms with Gasteiger partial charge in [0.05, 0.1) is 25.9 Å². The highest BCUT2D eigenvalue weighted by Gasteiger charge is 2.41. The van der Waals surface area contributed by atoms with E-state index in [9.17, 15) is 29.3 Å². The van der Waals surface area contributed by atoms with Gasteiger partial charge in [0, 0.05) is 18.2 Å². The topological polar surface area (TPSA) is 123 Å². The van der Waals surface area contributed by atoms with Gasteiger partial charge in [-0.1, -0.05) is 0 Å². The molecule has 156 valence electrons. The van der Waals surface area contributed by atoms with Crippen LogP contribution >= 0.6 is 0 Å². The number of ether oxygens (including phenoxy) is 3. The number of phenolic OH excluding ortho intramolecular Hbond substituents is 1. The quantitative estimate of drug-likeness (QED) is 0.323. The fourth-order valence-corrected chi connectivity index (χ4v) is 2.86. The summed E-state index contributed by atoms with van der Waals surface area (Å²) in [6, 6.07) is 5.90. The van der Waals surface area contributed by atoms with E-state index < -0.39 is 36.2 Å². The highest BCUT2D eigenvalue weighted by atomic mass is 19.1. The highest BCUT2D eigenvalue weighted by Crippen LogP contribution is 2.41. The van der Waals surface area contributed by atoms with Crippen LogP contribution in [0.15, 0.2) is 30.3 Å². The second kappa shape index (κ2) is 9.46. The van der Waals surface area contributed by atoms with Crippen LogP contribution in [0.2, 0.25) is 0 Å². The van der Waals surface area contributed by atoms with Crippen molar-refractivity contribution in [2.24, 2.45) is 0 Å². The van der Waals surface area contributed by atoms with Crippen LogP contribution in [0.1, 0.15) is 15.9 Å². The Morgan fingerprint density at radius 3 is 2.38 bits per heavy atom. The standard InChI is InChI=1S/C20H21FO8/c1-27-11-29-17-4-3-14(21)7-15(17)16-6-13(5-12(8-22)18(16)25)20(9-23,10-24)19(26)28-2/h3-8,23-25H,9-11H2,1-2H3. The Morgan fingerprint density at radius 2 is 1.83 bits per heavy atom. The number of aliphatic hydroxyl groups excluding tert-OH is 2. The van der Waals surface area contributed by atoms with Gasteiger partial charge in [-0.3, -0.25) is 9.59 Å². The van der Waals surface area contributed by atoms with Crippen molar-refractivity contribution in [3.05, 3.63) is 47.3 Å². The van der Waals surface area contributed by atoms with E-state index in [0.29, 0.717) is 6.29 Å². The molecule has 0 saturated heterocycles. The van der Waals surface area contributed by atoms with Crippen molar-refractivity contribution in [3.8, 4) is 22.6 Å². The Labute approximate surface area is 166 Å². The molecule has 9 heteroatoms. The summed E-state index contributed by atoms with van der Waals surface area (Å²) >= 11 is 0. The largest absolute Gasteiger partial charge is 0.507 e. The number of hydrogen-bond donors (Lipinski definition) is 3. The Balaban J connectivity index is 2.81. The normalized spacial score (nSPS) is 11.2. The maximum absolute atomic E-state index is 13.9. The third kappa shape index (κ3) is 4.21. The number of rotatable bonds is 9. The van der Waals surface area contributed by atoms with Crippen LogP contribution in [0.5, 0.6) is 11.5 Å². The van der Waals surface area contributed by atoms with Gasteiger partial charge in [-0.05, 0) is 35.9 Å². The number of carbonyl (C=O) groups is 2. The van der Waals surface area contributed by atoms with Crippen LogP contribution in [-0.2, 0) is 19.7 Å². The summed E-state index contributed by atoms with van der Waals surface area (Å²) in [7, 11) is 2.46. The number of aldehydes is 1. The summed E-state index contributed by atoms with van der Waals surface area (Å²) in [6.45, 7) is -1.84. The van der Waals surface area contributed by atoms with Crippen molar-refractivity contribution >= 4 is 12.3 Å². The SMILES string of the molecule is COCOc1ccc(F)cc1-c1cc(C(CO)(CO)C(=O)OC)cc(C=O)c1O. The molecule has 29 heavy (non-hydrogen) atoms. The number of aromatic hydroxyl groups is 1. The third-order valence-corrected chi connectivity index (χ3v) is 4.50. The molecular weight excluding hydrogens is 387 g/mol. The Kier molecular flexibility index (Phi) is 7.27. The number of phenols is 1. The van der Waals surface area contributed by atoms with Gasteiger partial charge in [0.2, 0.25) is 0 Å². The van der Waals surface area contributed by atoms with Crippen molar-refractivity contribution in [3.63, 3.8) is 0 Å². The molecule has 0 atom stereocenters. The average Bonchev–Trinajstić information content (AvgIpc) is 2.74. The number of halogens is 1. The average molecular weight is 408 g/mol. The monoisotopic (exact) mass is 408 g/mol. The molecule has 0 amide bonds. The molecule has 0 heterocycles. The Morgan fingerprint density at radius 1 is 1.14 bits per heavy atom. The van der Waals surface area contributed by atoms with Crippen molar-refractivity contribution in [2.45, 2.75) is 5.41 Å². The number of methoxy groups -OCH3 is 2. The predicted molar refractivity (Wildman–Crippen MR) is 99.3 cm³/mol. The number of hydrogen-bond acceptors (Lipinski definition) is 8. The highest BCUT2D eigenvalue weighted by molar-refractivity contribution is 5.91. The predicted octanol–water partition coefficient (Wildman–Crippen LogP) is 1.39. The van der Waals surface area contributed by atoms with Crippen LogP contribution in [0, 0.1) is 5.82 Å². The number of aliphatic hydroxyl groups is 2. The minimum Gasteiger partial charge on any atom is -0.507 e. The zero-order valence-electron chi connectivity index (χ0n) is 15.8. The van der Waals surface area contributed by atoms with Gasteiger partial charge in [-0.15, -0.1) is 0 Å². The smallest absolute Gasteiger partial charge is 0.321 e. The van der Waals surface area contributed by atoms with Gasteiger partial charge in [0.15, 0.2) is 13.1 Å². The van der Waals surface area contributed by atoms with E-state index in [1.807, 2.05) is 0 Å². The first-order chi connectivity index (χ1) is 13.9. The maximum Gasteiger partial charge on any atom is 0.321 e. The summed E-state index contributed by atoms with van der Waals surface area (Å²) in [5.41, 5.74) is -2.14. The summed E-state index contributed by atoms with van der Waals surface area (Å²) in [4.78, 5) is 23.8. The van der Waals surface area contributed by atoms with Gasteiger partial charge in [0.25, 0.3) is 0 Å². The minimum atomic E-state index is -1.91. The van der Waals surface area contributed by atoms with Gasteiger partial charge in [-0.25, -0.2) is 4.39 Å². The third-order valence-electron chi connectivity index (χ3n) is 4.50. The maximum atomic E-state index is 13.9. The summed E-state index contributed by atoms with van der Waals surface area (Å²) in [5.74, 6) is -1.96. The van der Waals surface area contributed by atoms with Crippen molar-refractivity contribution < 1.29 is 43.5 Å². The van der Waals surface area contributed by atoms with E-state index in [1.54, 1.807) is 0 Å². The molecule has 0 unspecified atom stereocenters. The number of esters is 1. The van der Waals surface area contributed by atoms with E-state index >= 15 is 0 Å². The van der Waals surface area contributed by atoms with Crippen molar-refractivity contribution in [2.75, 3.05) is 34.2 Å². The zero-order chi connectivity index (χ0) is 21.6. The van der Waals surface area contributed by atoms with Crippen LogP contribution in [0.25, 0.3) is 11.1 Å². The second-order valence-corrected chi connectivity index (χ2v) is 6.16. The first kappa shape index (κ1) is 22.3. The number of benzene rings is 2. The van der Waals surface area contributed by atoms with E-state index in [4.69, 9.17) is 9.47 Å². The molecule has 0 radical (unpaired) electrons. The molecule has 2 rings (SSSR count). The molecule has 2 aromatic rings. The van der Waals surface area contributed by atoms with Crippen LogP contribution < -0.4 is 4.74 Å². The fraction of sp³-hybridized carbons (Fsp3) is 0.300. The lowest BCUT2D eigenvalue weighted by molar-refractivity contribution is -0.151. The molecule has 0 aliphatic rings. The van der Waals surface area contributed by atoms with Crippen LogP contribution in [0.4, 0.5) is 4.39 Å². The van der Waals surface area contributed by atoms with E-state index in [1.165, 1.54) is 19.2 Å². The molecule has 0 spiro atoms. The van der Waals surface area contributed by atoms with Gasteiger partial charge in [0.1, 0.15) is 22.7 Å². The van der Waals surface area contributed by atoms with Crippen molar-refractivity contribution in [1.29, 1.82) is 0 Å². The molecule has 0 aliphatic carbocycles. The van der Waals surface area contributed by atoms with Gasteiger partial charge in [-0.2, -0.15) is 0 Å². The first-order valence-electron chi connectivity index (χ1n) is 8.43. The molecule has 0 bridgehead atoms. The molecule has 0 fully saturated rings. The zero-order valence-corrected chi connectivity index (χ0v) is 15.8. The first-order valence-corrected chi connectivity index (χ1v) is 8.43. The summed E-state index contributed by atoms with van der Waals surface area (Å²) in [5, 5.41) is 30.2. The Hall–Kier alpha value is -3.01. The molecular formula is C20H21FO8.